The molecule has 0 saturated carbocycles. The molecule has 0 unspecified atom stereocenters. The molecule has 2 N–H and O–H groups in total. The second-order valence-corrected chi connectivity index (χ2v) is 9.85. The van der Waals surface area contributed by atoms with E-state index in [4.69, 9.17) is 9.47 Å². The normalized spacial score (nSPS) is 22.2. The van der Waals surface area contributed by atoms with Crippen molar-refractivity contribution in [1.29, 1.82) is 0 Å². The van der Waals surface area contributed by atoms with E-state index in [-0.39, 0.29) is 24.6 Å². The van der Waals surface area contributed by atoms with Crippen molar-refractivity contribution in [3.05, 3.63) is 69.3 Å². The van der Waals surface area contributed by atoms with Crippen LogP contribution in [0.2, 0.25) is 0 Å². The number of hydrogen-bond donors (Lipinski definition) is 2. The van der Waals surface area contributed by atoms with Gasteiger partial charge in [-0.1, -0.05) is 18.2 Å². The third-order valence-corrected chi connectivity index (χ3v) is 7.44. The maximum atomic E-state index is 12.0. The van der Waals surface area contributed by atoms with Crippen LogP contribution in [0.5, 0.6) is 0 Å². The smallest absolute Gasteiger partial charge is 0.338 e. The average Bonchev–Trinajstić information content (AvgIpc) is 3.21. The van der Waals surface area contributed by atoms with Crippen molar-refractivity contribution >= 4 is 11.9 Å². The Morgan fingerprint density at radius 1 is 0.943 bits per heavy atom. The van der Waals surface area contributed by atoms with Crippen LogP contribution in [0, 0.1) is 6.92 Å². The van der Waals surface area contributed by atoms with Crippen LogP contribution in [-0.4, -0.2) is 77.3 Å². The summed E-state index contributed by atoms with van der Waals surface area (Å²) >= 11 is 0. The molecule has 0 aliphatic carbocycles. The van der Waals surface area contributed by atoms with E-state index < -0.39 is 12.2 Å². The van der Waals surface area contributed by atoms with Crippen molar-refractivity contribution < 1.29 is 29.3 Å². The Labute approximate surface area is 205 Å². The third-order valence-electron chi connectivity index (χ3n) is 7.44. The van der Waals surface area contributed by atoms with Gasteiger partial charge in [0, 0.05) is 51.3 Å². The predicted octanol–water partition coefficient (Wildman–Crippen LogP) is 2.15. The minimum absolute atomic E-state index is 0.151. The van der Waals surface area contributed by atoms with Gasteiger partial charge in [0.1, 0.15) is 12.7 Å². The molecular weight excluding hydrogens is 448 g/mol. The highest BCUT2D eigenvalue weighted by atomic mass is 16.5. The van der Waals surface area contributed by atoms with Crippen LogP contribution < -0.4 is 0 Å². The van der Waals surface area contributed by atoms with Gasteiger partial charge in [0.05, 0.1) is 23.3 Å². The molecule has 2 aromatic carbocycles. The molecule has 0 aromatic heterocycles. The molecule has 3 atom stereocenters. The molecule has 8 nitrogen and oxygen atoms in total. The van der Waals surface area contributed by atoms with Crippen LogP contribution in [0.1, 0.15) is 67.7 Å². The second-order valence-electron chi connectivity index (χ2n) is 9.85. The Morgan fingerprint density at radius 2 is 1.60 bits per heavy atom. The summed E-state index contributed by atoms with van der Waals surface area (Å²) in [6, 6.07) is 9.08. The molecule has 186 valence electrons. The first-order valence-electron chi connectivity index (χ1n) is 12.2. The third kappa shape index (κ3) is 4.84. The van der Waals surface area contributed by atoms with Gasteiger partial charge in [-0.25, -0.2) is 9.59 Å². The number of piperazine rings is 1. The lowest BCUT2D eigenvalue weighted by Crippen LogP contribution is -2.48. The Bertz CT molecular complexity index is 1140. The Morgan fingerprint density at radius 3 is 2.31 bits per heavy atom. The number of carbonyl (C=O) groups is 2. The first-order chi connectivity index (χ1) is 16.8. The summed E-state index contributed by atoms with van der Waals surface area (Å²) in [6.45, 7) is 8.30. The zero-order chi connectivity index (χ0) is 24.7. The monoisotopic (exact) mass is 480 g/mol. The van der Waals surface area contributed by atoms with Gasteiger partial charge in [-0.2, -0.15) is 0 Å². The number of rotatable bonds is 6. The fourth-order valence-corrected chi connectivity index (χ4v) is 5.36. The van der Waals surface area contributed by atoms with Crippen molar-refractivity contribution in [3.8, 4) is 0 Å². The number of hydrogen-bond acceptors (Lipinski definition) is 8. The van der Waals surface area contributed by atoms with Gasteiger partial charge in [0.25, 0.3) is 0 Å². The van der Waals surface area contributed by atoms with Crippen molar-refractivity contribution in [3.63, 3.8) is 0 Å². The van der Waals surface area contributed by atoms with Crippen molar-refractivity contribution in [1.82, 2.24) is 9.80 Å². The predicted molar refractivity (Wildman–Crippen MR) is 128 cm³/mol. The second kappa shape index (κ2) is 9.70. The molecule has 1 saturated heterocycles. The highest BCUT2D eigenvalue weighted by Crippen LogP contribution is 2.30. The summed E-state index contributed by atoms with van der Waals surface area (Å²) < 4.78 is 10.4. The van der Waals surface area contributed by atoms with Gasteiger partial charge in [0.15, 0.2) is 0 Å². The summed E-state index contributed by atoms with van der Waals surface area (Å²) in [7, 11) is 0. The van der Waals surface area contributed by atoms with Crippen molar-refractivity contribution in [2.45, 2.75) is 45.2 Å². The minimum Gasteiger partial charge on any atom is -0.459 e. The van der Waals surface area contributed by atoms with Gasteiger partial charge >= 0.3 is 11.9 Å². The zero-order valence-corrected chi connectivity index (χ0v) is 20.2. The van der Waals surface area contributed by atoms with Gasteiger partial charge < -0.3 is 19.7 Å². The molecule has 5 rings (SSSR count). The molecule has 1 fully saturated rings. The van der Waals surface area contributed by atoms with Crippen LogP contribution in [0.15, 0.2) is 30.3 Å². The van der Waals surface area contributed by atoms with Gasteiger partial charge in [0.2, 0.25) is 0 Å². The molecule has 35 heavy (non-hydrogen) atoms. The molecule has 0 bridgehead atoms. The number of esters is 2. The largest absolute Gasteiger partial charge is 0.459 e. The highest BCUT2D eigenvalue weighted by molar-refractivity contribution is 5.94. The van der Waals surface area contributed by atoms with E-state index in [1.165, 1.54) is 0 Å². The number of aliphatic hydroxyl groups is 2. The van der Waals surface area contributed by atoms with Crippen molar-refractivity contribution in [2.75, 3.05) is 39.3 Å². The Kier molecular flexibility index (Phi) is 6.63. The van der Waals surface area contributed by atoms with E-state index in [2.05, 4.69) is 9.80 Å². The SMILES string of the molecule is Cc1c([C@@H](O)CN2CCN(C[C@@H](O)c3ccc4c(c3)C[C@@H](C)OC4=O)CC2)ccc2c1COC2=O. The number of benzene rings is 2. The number of ether oxygens (including phenoxy) is 2. The zero-order valence-electron chi connectivity index (χ0n) is 20.2. The number of cyclic esters (lactones) is 2. The topological polar surface area (TPSA) is 99.5 Å². The first kappa shape index (κ1) is 23.9. The molecule has 0 radical (unpaired) electrons. The van der Waals surface area contributed by atoms with E-state index >= 15 is 0 Å². The van der Waals surface area contributed by atoms with Crippen LogP contribution in [0.3, 0.4) is 0 Å². The molecular formula is C27H32N2O6. The quantitative estimate of drug-likeness (QED) is 0.607. The van der Waals surface area contributed by atoms with Crippen LogP contribution in [-0.2, 0) is 22.5 Å². The molecule has 0 amide bonds. The lowest BCUT2D eigenvalue weighted by atomic mass is 9.95. The molecule has 2 aromatic rings. The average molecular weight is 481 g/mol. The Balaban J connectivity index is 1.15. The fraction of sp³-hybridized carbons (Fsp3) is 0.481. The van der Waals surface area contributed by atoms with Crippen LogP contribution >= 0.6 is 0 Å². The summed E-state index contributed by atoms with van der Waals surface area (Å²) in [4.78, 5) is 28.3. The summed E-state index contributed by atoms with van der Waals surface area (Å²) in [6.07, 6.45) is -0.764. The lowest BCUT2D eigenvalue weighted by Gasteiger charge is -2.36. The van der Waals surface area contributed by atoms with Gasteiger partial charge in [-0.05, 0) is 48.2 Å². The minimum atomic E-state index is -0.641. The van der Waals surface area contributed by atoms with E-state index in [1.807, 2.05) is 32.0 Å². The maximum absolute atomic E-state index is 12.0. The first-order valence-corrected chi connectivity index (χ1v) is 12.2. The van der Waals surface area contributed by atoms with Crippen LogP contribution in [0.25, 0.3) is 0 Å². The van der Waals surface area contributed by atoms with Gasteiger partial charge in [-0.3, -0.25) is 9.80 Å². The number of carbonyl (C=O) groups excluding carboxylic acids is 2. The highest BCUT2D eigenvalue weighted by Gasteiger charge is 2.28. The number of fused-ring (bicyclic) bond motifs is 2. The van der Waals surface area contributed by atoms with E-state index in [9.17, 15) is 19.8 Å². The molecule has 3 heterocycles. The number of nitrogens with zero attached hydrogens (tertiary/aromatic N) is 2. The fourth-order valence-electron chi connectivity index (χ4n) is 5.36. The van der Waals surface area contributed by atoms with E-state index in [0.29, 0.717) is 30.6 Å². The molecule has 3 aliphatic heterocycles. The van der Waals surface area contributed by atoms with Crippen LogP contribution in [0.4, 0.5) is 0 Å². The summed E-state index contributed by atoms with van der Waals surface area (Å²) in [5.41, 5.74) is 5.57. The Hall–Kier alpha value is -2.78. The lowest BCUT2D eigenvalue weighted by molar-refractivity contribution is 0.0299. The van der Waals surface area contributed by atoms with Gasteiger partial charge in [-0.15, -0.1) is 0 Å². The maximum Gasteiger partial charge on any atom is 0.338 e. The number of β-amino-alcohol motifs (C(OH)–C–C–N with tert-alkyl or cyclic N) is 2. The standard InChI is InChI=1S/C27H32N2O6/c1-16-11-19-12-18(3-4-21(19)27(33)35-16)24(30)13-28-7-9-29(10-8-28)14-25(31)20-5-6-22-23(17(20)2)15-34-26(22)32/h3-6,12,16,24-25,30-31H,7-11,13-15H2,1-2H3/t16-,24-,25+/m1/s1. The van der Waals surface area contributed by atoms with E-state index in [0.717, 1.165) is 54.0 Å². The number of aliphatic hydroxyl groups excluding tert-OH is 2. The molecule has 3 aliphatic rings. The summed E-state index contributed by atoms with van der Waals surface area (Å²) in [5.74, 6) is -0.593. The van der Waals surface area contributed by atoms with Crippen molar-refractivity contribution in [2.24, 2.45) is 0 Å². The summed E-state index contributed by atoms with van der Waals surface area (Å²) in [5, 5.41) is 21.7. The van der Waals surface area contributed by atoms with E-state index in [1.54, 1.807) is 12.1 Å². The molecule has 0 spiro atoms. The molecule has 8 heteroatoms.